The fourth-order valence-corrected chi connectivity index (χ4v) is 2.74. The van der Waals surface area contributed by atoms with E-state index in [9.17, 15) is 14.9 Å². The number of non-ortho nitro benzene ring substituents is 1. The summed E-state index contributed by atoms with van der Waals surface area (Å²) in [6.45, 7) is 2.10. The smallest absolute Gasteiger partial charge is 0.279 e. The first-order valence-electron chi connectivity index (χ1n) is 8.02. The first kappa shape index (κ1) is 19.7. The van der Waals surface area contributed by atoms with Crippen LogP contribution in [0.5, 0.6) is 5.75 Å². The summed E-state index contributed by atoms with van der Waals surface area (Å²) in [4.78, 5) is 23.8. The standard InChI is InChI=1S/C18H20ClN3O4/c1-12(13-5-4-6-15(9-13)22(24)25)21(2)11-18(23)20-16-10-14(19)7-8-17(16)26-3/h4-10,12H,11H2,1-3H3,(H,20,23)/p+1/t12-/m0/s1. The van der Waals surface area contributed by atoms with Gasteiger partial charge in [-0.25, -0.2) is 0 Å². The predicted octanol–water partition coefficient (Wildman–Crippen LogP) is 2.47. The Labute approximate surface area is 156 Å². The van der Waals surface area contributed by atoms with Crippen molar-refractivity contribution >= 4 is 28.9 Å². The van der Waals surface area contributed by atoms with E-state index in [1.807, 2.05) is 20.0 Å². The second-order valence-electron chi connectivity index (χ2n) is 5.99. The van der Waals surface area contributed by atoms with E-state index < -0.39 is 4.92 Å². The number of nitrogens with one attached hydrogen (secondary N) is 2. The van der Waals surface area contributed by atoms with E-state index in [0.717, 1.165) is 10.5 Å². The first-order valence-corrected chi connectivity index (χ1v) is 8.39. The van der Waals surface area contributed by atoms with Gasteiger partial charge in [-0.2, -0.15) is 0 Å². The molecule has 1 amide bonds. The number of methoxy groups -OCH3 is 1. The SMILES string of the molecule is COc1ccc(Cl)cc1NC(=O)C[NH+](C)[C@@H](C)c1cccc([N+](=O)[O-])c1. The van der Waals surface area contributed by atoms with E-state index in [2.05, 4.69) is 5.32 Å². The van der Waals surface area contributed by atoms with Gasteiger partial charge in [-0.1, -0.05) is 23.7 Å². The highest BCUT2D eigenvalue weighted by atomic mass is 35.5. The van der Waals surface area contributed by atoms with E-state index in [0.29, 0.717) is 16.5 Å². The molecular weight excluding hydrogens is 358 g/mol. The molecule has 0 bridgehead atoms. The lowest BCUT2D eigenvalue weighted by Crippen LogP contribution is -3.10. The average Bonchev–Trinajstić information content (AvgIpc) is 2.61. The number of nitro benzene ring substituents is 1. The van der Waals surface area contributed by atoms with E-state index >= 15 is 0 Å². The number of ether oxygens (including phenoxy) is 1. The summed E-state index contributed by atoms with van der Waals surface area (Å²) in [5, 5.41) is 14.2. The van der Waals surface area contributed by atoms with Crippen molar-refractivity contribution in [2.45, 2.75) is 13.0 Å². The number of likely N-dealkylation sites (N-methyl/N-ethyl adjacent to an activating group) is 1. The molecule has 2 aromatic carbocycles. The first-order chi connectivity index (χ1) is 12.3. The van der Waals surface area contributed by atoms with Gasteiger partial charge in [0.25, 0.3) is 11.6 Å². The Morgan fingerprint density at radius 3 is 2.73 bits per heavy atom. The van der Waals surface area contributed by atoms with Gasteiger partial charge in [0.1, 0.15) is 11.8 Å². The predicted molar refractivity (Wildman–Crippen MR) is 99.9 cm³/mol. The van der Waals surface area contributed by atoms with Crippen LogP contribution in [0.3, 0.4) is 0 Å². The molecule has 7 nitrogen and oxygen atoms in total. The lowest BCUT2D eigenvalue weighted by atomic mass is 10.1. The van der Waals surface area contributed by atoms with Crippen molar-refractivity contribution in [1.82, 2.24) is 0 Å². The van der Waals surface area contributed by atoms with E-state index in [1.165, 1.54) is 19.2 Å². The maximum Gasteiger partial charge on any atom is 0.279 e. The fraction of sp³-hybridized carbons (Fsp3) is 0.278. The summed E-state index contributed by atoms with van der Waals surface area (Å²) >= 11 is 5.97. The zero-order valence-electron chi connectivity index (χ0n) is 14.8. The number of rotatable bonds is 7. The van der Waals surface area contributed by atoms with Gasteiger partial charge in [0.2, 0.25) is 0 Å². The minimum absolute atomic E-state index is 0.0373. The van der Waals surface area contributed by atoms with E-state index in [4.69, 9.17) is 16.3 Å². The summed E-state index contributed by atoms with van der Waals surface area (Å²) in [5.74, 6) is 0.312. The number of anilines is 1. The largest absolute Gasteiger partial charge is 0.495 e. The lowest BCUT2D eigenvalue weighted by Gasteiger charge is -2.21. The Bertz CT molecular complexity index is 813. The van der Waals surface area contributed by atoms with Gasteiger partial charge in [-0.15, -0.1) is 0 Å². The molecule has 0 spiro atoms. The van der Waals surface area contributed by atoms with Crippen LogP contribution in [0, 0.1) is 10.1 Å². The summed E-state index contributed by atoms with van der Waals surface area (Å²) in [6, 6.07) is 11.3. The van der Waals surface area contributed by atoms with Crippen molar-refractivity contribution in [2.75, 3.05) is 26.0 Å². The molecule has 2 N–H and O–H groups in total. The second-order valence-corrected chi connectivity index (χ2v) is 6.43. The maximum absolute atomic E-state index is 12.4. The van der Waals surface area contributed by atoms with Gasteiger partial charge < -0.3 is 15.0 Å². The molecule has 0 radical (unpaired) electrons. The van der Waals surface area contributed by atoms with Crippen molar-refractivity contribution in [1.29, 1.82) is 0 Å². The van der Waals surface area contributed by atoms with Crippen LogP contribution >= 0.6 is 11.6 Å². The van der Waals surface area contributed by atoms with Gasteiger partial charge in [-0.05, 0) is 25.1 Å². The van der Waals surface area contributed by atoms with Crippen LogP contribution in [-0.4, -0.2) is 31.5 Å². The third-order valence-corrected chi connectivity index (χ3v) is 4.43. The average molecular weight is 379 g/mol. The highest BCUT2D eigenvalue weighted by Crippen LogP contribution is 2.27. The van der Waals surface area contributed by atoms with Crippen LogP contribution in [0.4, 0.5) is 11.4 Å². The molecule has 0 aliphatic rings. The number of nitrogens with zero attached hydrogens (tertiary/aromatic N) is 1. The molecule has 0 saturated carbocycles. The zero-order chi connectivity index (χ0) is 19.3. The van der Waals surface area contributed by atoms with E-state index in [-0.39, 0.29) is 24.2 Å². The normalized spacial score (nSPS) is 12.9. The lowest BCUT2D eigenvalue weighted by molar-refractivity contribution is -0.902. The van der Waals surface area contributed by atoms with Gasteiger partial charge in [0.15, 0.2) is 6.54 Å². The van der Waals surface area contributed by atoms with Crippen molar-refractivity contribution in [2.24, 2.45) is 0 Å². The Hall–Kier alpha value is -2.64. The topological polar surface area (TPSA) is 85.9 Å². The molecule has 0 aromatic heterocycles. The van der Waals surface area contributed by atoms with Crippen molar-refractivity contribution < 1.29 is 19.4 Å². The number of benzene rings is 2. The second kappa shape index (κ2) is 8.64. The number of hydrogen-bond acceptors (Lipinski definition) is 4. The van der Waals surface area contributed by atoms with Crippen molar-refractivity contribution in [3.8, 4) is 5.75 Å². The molecular formula is C18H21ClN3O4+. The Balaban J connectivity index is 2.06. The Morgan fingerprint density at radius 1 is 1.35 bits per heavy atom. The summed E-state index contributed by atoms with van der Waals surface area (Å²) in [6.07, 6.45) is 0. The number of carbonyl (C=O) groups excluding carboxylic acids is 1. The van der Waals surface area contributed by atoms with Crippen LogP contribution < -0.4 is 15.0 Å². The van der Waals surface area contributed by atoms with Gasteiger partial charge >= 0.3 is 0 Å². The molecule has 26 heavy (non-hydrogen) atoms. The van der Waals surface area contributed by atoms with Gasteiger partial charge in [0.05, 0.1) is 24.8 Å². The van der Waals surface area contributed by atoms with Crippen LogP contribution in [0.15, 0.2) is 42.5 Å². The van der Waals surface area contributed by atoms with Crippen molar-refractivity contribution in [3.63, 3.8) is 0 Å². The number of amides is 1. The zero-order valence-corrected chi connectivity index (χ0v) is 15.5. The number of hydrogen-bond donors (Lipinski definition) is 2. The number of nitro groups is 1. The molecule has 0 saturated heterocycles. The molecule has 0 fully saturated rings. The monoisotopic (exact) mass is 378 g/mol. The van der Waals surface area contributed by atoms with Crippen LogP contribution in [0.2, 0.25) is 5.02 Å². The fourth-order valence-electron chi connectivity index (χ4n) is 2.57. The molecule has 138 valence electrons. The maximum atomic E-state index is 12.4. The molecule has 0 heterocycles. The van der Waals surface area contributed by atoms with Crippen LogP contribution in [-0.2, 0) is 4.79 Å². The van der Waals surface area contributed by atoms with Crippen molar-refractivity contribution in [3.05, 3.63) is 63.2 Å². The molecule has 2 rings (SSSR count). The molecule has 0 aliphatic carbocycles. The molecule has 2 aromatic rings. The highest BCUT2D eigenvalue weighted by Gasteiger charge is 2.21. The summed E-state index contributed by atoms with van der Waals surface area (Å²) in [5.41, 5.74) is 1.33. The molecule has 8 heteroatoms. The quantitative estimate of drug-likeness (QED) is 0.572. The van der Waals surface area contributed by atoms with E-state index in [1.54, 1.807) is 24.3 Å². The van der Waals surface area contributed by atoms with Crippen LogP contribution in [0.1, 0.15) is 18.5 Å². The Morgan fingerprint density at radius 2 is 2.08 bits per heavy atom. The molecule has 2 atom stereocenters. The third-order valence-electron chi connectivity index (χ3n) is 4.20. The minimum Gasteiger partial charge on any atom is -0.495 e. The number of halogens is 1. The molecule has 1 unspecified atom stereocenters. The molecule has 0 aliphatic heterocycles. The minimum atomic E-state index is -0.427. The number of carbonyl (C=O) groups is 1. The summed E-state index contributed by atoms with van der Waals surface area (Å²) < 4.78 is 5.21. The number of quaternary nitrogens is 1. The third kappa shape index (κ3) is 4.93. The summed E-state index contributed by atoms with van der Waals surface area (Å²) in [7, 11) is 3.37. The van der Waals surface area contributed by atoms with Gasteiger partial charge in [-0.3, -0.25) is 14.9 Å². The van der Waals surface area contributed by atoms with Crippen LogP contribution in [0.25, 0.3) is 0 Å². The highest BCUT2D eigenvalue weighted by molar-refractivity contribution is 6.31. The van der Waals surface area contributed by atoms with Gasteiger partial charge in [0, 0.05) is 22.7 Å². The Kier molecular flexibility index (Phi) is 6.54.